The van der Waals surface area contributed by atoms with Gasteiger partial charge in [0.1, 0.15) is 0 Å². The molecule has 4 aliphatic rings. The second kappa shape index (κ2) is 8.74. The Labute approximate surface area is 229 Å². The molecule has 0 saturated carbocycles. The summed E-state index contributed by atoms with van der Waals surface area (Å²) in [5.41, 5.74) is 7.97. The van der Waals surface area contributed by atoms with E-state index in [0.29, 0.717) is 26.2 Å². The van der Waals surface area contributed by atoms with Crippen molar-refractivity contribution in [3.05, 3.63) is 71.3 Å². The third kappa shape index (κ3) is 3.55. The number of fused-ring (bicyclic) bond motifs is 12. The van der Waals surface area contributed by atoms with Crippen LogP contribution in [0, 0.1) is 0 Å². The first kappa shape index (κ1) is 23.8. The van der Waals surface area contributed by atoms with Crippen molar-refractivity contribution in [2.24, 2.45) is 0 Å². The van der Waals surface area contributed by atoms with E-state index in [4.69, 9.17) is 0 Å². The quantitative estimate of drug-likeness (QED) is 0.405. The van der Waals surface area contributed by atoms with Crippen LogP contribution in [0.15, 0.2) is 49.1 Å². The Hall–Kier alpha value is -4.02. The van der Waals surface area contributed by atoms with Crippen molar-refractivity contribution < 1.29 is 19.8 Å². The molecule has 2 aliphatic carbocycles. The Balaban J connectivity index is 0.977. The molecule has 4 heterocycles. The highest BCUT2D eigenvalue weighted by atomic mass is 16.3. The van der Waals surface area contributed by atoms with Crippen molar-refractivity contribution in [3.8, 4) is 0 Å². The number of carbonyl (C=O) groups is 2. The highest BCUT2D eigenvalue weighted by Gasteiger charge is 2.45. The van der Waals surface area contributed by atoms with E-state index >= 15 is 0 Å². The van der Waals surface area contributed by atoms with Crippen LogP contribution in [0.1, 0.15) is 58.8 Å². The van der Waals surface area contributed by atoms with E-state index in [9.17, 15) is 19.8 Å². The van der Waals surface area contributed by atoms with Gasteiger partial charge in [-0.25, -0.2) is 0 Å². The number of likely N-dealkylation sites (tertiary alicyclic amines) is 2. The minimum Gasteiger partial charge on any atom is -0.380 e. The molecule has 4 aromatic rings. The van der Waals surface area contributed by atoms with Gasteiger partial charge in [-0.2, -0.15) is 0 Å². The van der Waals surface area contributed by atoms with Gasteiger partial charge in [-0.3, -0.25) is 29.5 Å². The van der Waals surface area contributed by atoms with E-state index in [2.05, 4.69) is 44.2 Å². The van der Waals surface area contributed by atoms with E-state index in [0.717, 1.165) is 34.9 Å². The molecule has 10 heteroatoms. The van der Waals surface area contributed by atoms with Crippen molar-refractivity contribution in [1.29, 1.82) is 0 Å². The third-order valence-corrected chi connectivity index (χ3v) is 9.44. The van der Waals surface area contributed by atoms with E-state index in [1.54, 1.807) is 34.6 Å². The summed E-state index contributed by atoms with van der Waals surface area (Å²) in [6.45, 7) is 1.74. The van der Waals surface area contributed by atoms with Gasteiger partial charge in [-0.05, 0) is 59.4 Å². The fraction of sp³-hybridized carbons (Fsp3) is 0.400. The molecule has 2 aliphatic heterocycles. The lowest BCUT2D eigenvalue weighted by Crippen LogP contribution is -2.54. The number of benzene rings is 2. The molecule has 40 heavy (non-hydrogen) atoms. The summed E-state index contributed by atoms with van der Waals surface area (Å²) in [6, 6.07) is 8.23. The van der Waals surface area contributed by atoms with Crippen LogP contribution in [-0.2, 0) is 9.59 Å². The number of carbonyl (C=O) groups excluding carboxylic acids is 2. The summed E-state index contributed by atoms with van der Waals surface area (Å²) in [6.07, 6.45) is 4.90. The predicted molar refractivity (Wildman–Crippen MR) is 144 cm³/mol. The zero-order chi connectivity index (χ0) is 27.1. The first-order valence-corrected chi connectivity index (χ1v) is 13.9. The summed E-state index contributed by atoms with van der Waals surface area (Å²) in [7, 11) is 0. The molecule has 2 fully saturated rings. The van der Waals surface area contributed by atoms with Crippen molar-refractivity contribution >= 4 is 33.9 Å². The summed E-state index contributed by atoms with van der Waals surface area (Å²) in [5.74, 6) is -0.703. The molecule has 4 unspecified atom stereocenters. The molecule has 2 aromatic heterocycles. The monoisotopic (exact) mass is 536 g/mol. The fourth-order valence-electron chi connectivity index (χ4n) is 7.60. The third-order valence-electron chi connectivity index (χ3n) is 9.44. The topological polar surface area (TPSA) is 133 Å². The van der Waals surface area contributed by atoms with Crippen LogP contribution in [0.5, 0.6) is 0 Å². The lowest BCUT2D eigenvalue weighted by molar-refractivity contribution is -0.159. The second-order valence-electron chi connectivity index (χ2n) is 11.7. The molecule has 202 valence electrons. The number of aliphatic hydroxyl groups excluding tert-OH is 2. The van der Waals surface area contributed by atoms with Crippen molar-refractivity contribution in [2.45, 2.75) is 48.7 Å². The molecular formula is C30H28N6O4. The van der Waals surface area contributed by atoms with Crippen LogP contribution in [-0.4, -0.2) is 90.2 Å². The number of hydrogen-bond donors (Lipinski definition) is 2. The standard InChI is InChI=1S/C30H28N6O4/c37-27(29(39)35-11-15-5-16(12-35)20-8-24-23(7-19(15)20)31-1-2-32-24)28(38)30(40)36-13-17-6-18(14-36)22-10-26-25(9-21(17)22)33-3-4-34-26/h1-4,7-10,15-18,27-28,37-38H,5-6,11-14H2/t15?,16?,17?,18?,27-,28-/m1/s1. The number of piperidine rings is 2. The fourth-order valence-corrected chi connectivity index (χ4v) is 7.60. The zero-order valence-electron chi connectivity index (χ0n) is 21.7. The number of aliphatic hydroxyl groups is 2. The second-order valence-corrected chi connectivity index (χ2v) is 11.7. The van der Waals surface area contributed by atoms with Crippen LogP contribution in [0.4, 0.5) is 0 Å². The Morgan fingerprint density at radius 2 is 0.850 bits per heavy atom. The van der Waals surface area contributed by atoms with Crippen molar-refractivity contribution in [2.75, 3.05) is 26.2 Å². The Kier molecular flexibility index (Phi) is 5.21. The van der Waals surface area contributed by atoms with Crippen LogP contribution >= 0.6 is 0 Å². The average Bonchev–Trinajstić information content (AvgIpc) is 3.39. The number of amides is 2. The molecule has 8 rings (SSSR count). The molecule has 0 radical (unpaired) electrons. The van der Waals surface area contributed by atoms with Gasteiger partial charge >= 0.3 is 0 Å². The first-order valence-electron chi connectivity index (χ1n) is 13.9. The number of hydrogen-bond acceptors (Lipinski definition) is 8. The molecule has 2 amide bonds. The van der Waals surface area contributed by atoms with Crippen molar-refractivity contribution in [1.82, 2.24) is 29.7 Å². The molecule has 2 N–H and O–H groups in total. The van der Waals surface area contributed by atoms with E-state index < -0.39 is 24.0 Å². The maximum absolute atomic E-state index is 13.4. The summed E-state index contributed by atoms with van der Waals surface area (Å²) < 4.78 is 0. The van der Waals surface area contributed by atoms with Crippen LogP contribution in [0.2, 0.25) is 0 Å². The predicted octanol–water partition coefficient (Wildman–Crippen LogP) is 1.82. The normalized spacial score (nSPS) is 26.1. The van der Waals surface area contributed by atoms with Crippen LogP contribution in [0.25, 0.3) is 22.1 Å². The summed E-state index contributed by atoms with van der Waals surface area (Å²) in [4.78, 5) is 47.7. The largest absolute Gasteiger partial charge is 0.380 e. The molecule has 2 saturated heterocycles. The number of aromatic nitrogens is 4. The van der Waals surface area contributed by atoms with E-state index in [-0.39, 0.29) is 23.7 Å². The van der Waals surface area contributed by atoms with Gasteiger partial charge in [-0.15, -0.1) is 0 Å². The van der Waals surface area contributed by atoms with Crippen molar-refractivity contribution in [3.63, 3.8) is 0 Å². The highest BCUT2D eigenvalue weighted by Crippen LogP contribution is 2.48. The Bertz CT molecular complexity index is 1480. The molecular weight excluding hydrogens is 508 g/mol. The summed E-state index contributed by atoms with van der Waals surface area (Å²) in [5, 5.41) is 21.9. The van der Waals surface area contributed by atoms with E-state index in [1.165, 1.54) is 22.3 Å². The van der Waals surface area contributed by atoms with Gasteiger partial charge in [0.05, 0.1) is 22.1 Å². The maximum atomic E-state index is 13.4. The molecule has 0 spiro atoms. The number of nitrogens with zero attached hydrogens (tertiary/aromatic N) is 6. The van der Waals surface area contributed by atoms with Gasteiger partial charge < -0.3 is 20.0 Å². The SMILES string of the molecule is O=C([C@H](O)[C@@H](O)C(=O)N1CC2CC(C1)c1cc3nccnc3cc12)N1CC2CC(C1)c1cc3nccnc3cc12. The molecule has 6 atom stereocenters. The van der Waals surface area contributed by atoms with Gasteiger partial charge in [0.25, 0.3) is 11.8 Å². The highest BCUT2D eigenvalue weighted by molar-refractivity contribution is 5.91. The van der Waals surface area contributed by atoms with Gasteiger partial charge in [-0.1, -0.05) is 0 Å². The lowest BCUT2D eigenvalue weighted by Gasteiger charge is -2.36. The Morgan fingerprint density at radius 3 is 1.12 bits per heavy atom. The van der Waals surface area contributed by atoms with Crippen LogP contribution in [0.3, 0.4) is 0 Å². The minimum atomic E-state index is -1.81. The van der Waals surface area contributed by atoms with E-state index in [1.807, 2.05) is 0 Å². The van der Waals surface area contributed by atoms with Gasteiger partial charge in [0, 0.05) is 74.6 Å². The average molecular weight is 537 g/mol. The zero-order valence-corrected chi connectivity index (χ0v) is 21.7. The maximum Gasteiger partial charge on any atom is 0.254 e. The number of rotatable bonds is 3. The molecule has 10 nitrogen and oxygen atoms in total. The smallest absolute Gasteiger partial charge is 0.254 e. The molecule has 4 bridgehead atoms. The minimum absolute atomic E-state index is 0.125. The summed E-state index contributed by atoms with van der Waals surface area (Å²) >= 11 is 0. The molecule has 2 aromatic carbocycles. The lowest BCUT2D eigenvalue weighted by atomic mass is 9.94. The van der Waals surface area contributed by atoms with Gasteiger partial charge in [0.2, 0.25) is 0 Å². The van der Waals surface area contributed by atoms with Crippen LogP contribution < -0.4 is 0 Å². The van der Waals surface area contributed by atoms with Gasteiger partial charge in [0.15, 0.2) is 12.2 Å². The Morgan fingerprint density at radius 1 is 0.575 bits per heavy atom. The first-order chi connectivity index (χ1) is 19.4.